The first-order valence-corrected chi connectivity index (χ1v) is 7.42. The molecular weight excluding hydrogens is 300 g/mol. The summed E-state index contributed by atoms with van der Waals surface area (Å²) >= 11 is 0. The lowest BCUT2D eigenvalue weighted by Gasteiger charge is -2.10. The molecular formula is C18H17F2NO2. The van der Waals surface area contributed by atoms with Crippen molar-refractivity contribution in [2.24, 2.45) is 7.05 Å². The van der Waals surface area contributed by atoms with Gasteiger partial charge in [0.2, 0.25) is 5.88 Å². The first-order valence-electron chi connectivity index (χ1n) is 7.42. The quantitative estimate of drug-likeness (QED) is 0.766. The maximum absolute atomic E-state index is 13.9. The summed E-state index contributed by atoms with van der Waals surface area (Å²) in [6, 6.07) is 11.0. The molecule has 23 heavy (non-hydrogen) atoms. The summed E-state index contributed by atoms with van der Waals surface area (Å²) in [6.45, 7) is 0.0631. The van der Waals surface area contributed by atoms with Crippen LogP contribution in [0.15, 0.2) is 42.5 Å². The van der Waals surface area contributed by atoms with Crippen LogP contribution in [0.3, 0.4) is 0 Å². The zero-order valence-electron chi connectivity index (χ0n) is 12.7. The van der Waals surface area contributed by atoms with Crippen molar-refractivity contribution in [3.05, 3.63) is 59.7 Å². The van der Waals surface area contributed by atoms with Crippen LogP contribution in [-0.2, 0) is 13.5 Å². The van der Waals surface area contributed by atoms with E-state index >= 15 is 0 Å². The fraction of sp³-hybridized carbons (Fsp3) is 0.222. The number of aryl methyl sites for hydroxylation is 2. The smallest absolute Gasteiger partial charge is 0.204 e. The van der Waals surface area contributed by atoms with Crippen molar-refractivity contribution in [2.45, 2.75) is 12.8 Å². The number of ether oxygens (including phenoxy) is 1. The second-order valence-electron chi connectivity index (χ2n) is 5.36. The highest BCUT2D eigenvalue weighted by Gasteiger charge is 2.18. The molecule has 0 fully saturated rings. The van der Waals surface area contributed by atoms with E-state index in [1.54, 1.807) is 0 Å². The number of rotatable bonds is 5. The third kappa shape index (κ3) is 2.92. The van der Waals surface area contributed by atoms with Crippen molar-refractivity contribution in [2.75, 3.05) is 6.61 Å². The molecule has 3 rings (SSSR count). The van der Waals surface area contributed by atoms with Crippen LogP contribution in [0.1, 0.15) is 12.0 Å². The SMILES string of the molecule is Cn1c(Oc2ccc(F)cc2F)c(CCCO)c2ccccc21. The Bertz CT molecular complexity index is 842. The maximum atomic E-state index is 13.9. The fourth-order valence-electron chi connectivity index (χ4n) is 2.74. The summed E-state index contributed by atoms with van der Waals surface area (Å²) in [7, 11) is 1.83. The molecule has 0 amide bonds. The third-order valence-corrected chi connectivity index (χ3v) is 3.84. The fourth-order valence-corrected chi connectivity index (χ4v) is 2.74. The Kier molecular flexibility index (Phi) is 4.30. The van der Waals surface area contributed by atoms with Crippen LogP contribution in [0.2, 0.25) is 0 Å². The number of fused-ring (bicyclic) bond motifs is 1. The van der Waals surface area contributed by atoms with Crippen LogP contribution in [0.4, 0.5) is 8.78 Å². The number of hydrogen-bond donors (Lipinski definition) is 1. The molecule has 0 aliphatic carbocycles. The van der Waals surface area contributed by atoms with Crippen LogP contribution in [0, 0.1) is 11.6 Å². The zero-order valence-corrected chi connectivity index (χ0v) is 12.7. The van der Waals surface area contributed by atoms with Gasteiger partial charge < -0.3 is 14.4 Å². The summed E-state index contributed by atoms with van der Waals surface area (Å²) in [5.74, 6) is -0.913. The Morgan fingerprint density at radius 2 is 1.91 bits per heavy atom. The van der Waals surface area contributed by atoms with E-state index in [1.807, 2.05) is 35.9 Å². The molecule has 0 unspecified atom stereocenters. The van der Waals surface area contributed by atoms with Crippen LogP contribution in [0.25, 0.3) is 10.9 Å². The monoisotopic (exact) mass is 317 g/mol. The van der Waals surface area contributed by atoms with Gasteiger partial charge in [0.1, 0.15) is 5.82 Å². The third-order valence-electron chi connectivity index (χ3n) is 3.84. The van der Waals surface area contributed by atoms with E-state index in [2.05, 4.69) is 0 Å². The summed E-state index contributed by atoms with van der Waals surface area (Å²) < 4.78 is 34.5. The van der Waals surface area contributed by atoms with Gasteiger partial charge in [-0.2, -0.15) is 0 Å². The highest BCUT2D eigenvalue weighted by atomic mass is 19.1. The number of para-hydroxylation sites is 1. The number of aliphatic hydroxyl groups is 1. The van der Waals surface area contributed by atoms with E-state index in [4.69, 9.17) is 9.84 Å². The van der Waals surface area contributed by atoms with Crippen molar-refractivity contribution >= 4 is 10.9 Å². The standard InChI is InChI=1S/C18H17F2NO2/c1-21-16-7-3-2-5-13(16)14(6-4-10-22)18(21)23-17-9-8-12(19)11-15(17)20/h2-3,5,7-9,11,22H,4,6,10H2,1H3. The topological polar surface area (TPSA) is 34.4 Å². The van der Waals surface area contributed by atoms with E-state index in [0.717, 1.165) is 28.6 Å². The second-order valence-corrected chi connectivity index (χ2v) is 5.36. The minimum atomic E-state index is -0.747. The van der Waals surface area contributed by atoms with Gasteiger partial charge in [0.25, 0.3) is 0 Å². The largest absolute Gasteiger partial charge is 0.437 e. The van der Waals surface area contributed by atoms with E-state index in [-0.39, 0.29) is 12.4 Å². The molecule has 0 atom stereocenters. The Hall–Kier alpha value is -2.40. The minimum Gasteiger partial charge on any atom is -0.437 e. The van der Waals surface area contributed by atoms with Crippen molar-refractivity contribution in [1.82, 2.24) is 4.57 Å². The summed E-state index contributed by atoms with van der Waals surface area (Å²) in [4.78, 5) is 0. The molecule has 120 valence electrons. The van der Waals surface area contributed by atoms with Gasteiger partial charge in [0.05, 0.1) is 5.52 Å². The minimum absolute atomic E-state index is 0.0254. The molecule has 2 aromatic carbocycles. The number of nitrogens with zero attached hydrogens (tertiary/aromatic N) is 1. The predicted molar refractivity (Wildman–Crippen MR) is 84.8 cm³/mol. The number of halogens is 2. The van der Waals surface area contributed by atoms with E-state index in [1.165, 1.54) is 6.07 Å². The molecule has 5 heteroatoms. The molecule has 3 aromatic rings. The van der Waals surface area contributed by atoms with Gasteiger partial charge in [0.15, 0.2) is 11.6 Å². The van der Waals surface area contributed by atoms with Crippen LogP contribution in [0.5, 0.6) is 11.6 Å². The van der Waals surface area contributed by atoms with E-state index in [9.17, 15) is 8.78 Å². The summed E-state index contributed by atoms with van der Waals surface area (Å²) in [5.41, 5.74) is 1.86. The lowest BCUT2D eigenvalue weighted by Crippen LogP contribution is -1.99. The Balaban J connectivity index is 2.09. The first kappa shape index (κ1) is 15.5. The first-order chi connectivity index (χ1) is 11.1. The van der Waals surface area contributed by atoms with Gasteiger partial charge in [0, 0.05) is 30.7 Å². The predicted octanol–water partition coefficient (Wildman–Crippen LogP) is 4.17. The molecule has 0 saturated carbocycles. The van der Waals surface area contributed by atoms with Crippen LogP contribution < -0.4 is 4.74 Å². The number of aliphatic hydroxyl groups excluding tert-OH is 1. The molecule has 3 nitrogen and oxygen atoms in total. The Labute approximate surface area is 132 Å². The Morgan fingerprint density at radius 3 is 2.65 bits per heavy atom. The summed E-state index contributed by atoms with van der Waals surface area (Å²) in [5, 5.41) is 10.1. The van der Waals surface area contributed by atoms with Crippen molar-refractivity contribution < 1.29 is 18.6 Å². The van der Waals surface area contributed by atoms with Gasteiger partial charge in [-0.25, -0.2) is 8.78 Å². The van der Waals surface area contributed by atoms with E-state index in [0.29, 0.717) is 18.7 Å². The van der Waals surface area contributed by atoms with Crippen molar-refractivity contribution in [3.8, 4) is 11.6 Å². The number of aromatic nitrogens is 1. The lowest BCUT2D eigenvalue weighted by molar-refractivity contribution is 0.288. The highest BCUT2D eigenvalue weighted by molar-refractivity contribution is 5.87. The zero-order chi connectivity index (χ0) is 16.4. The molecule has 0 bridgehead atoms. The summed E-state index contributed by atoms with van der Waals surface area (Å²) in [6.07, 6.45) is 1.19. The molecule has 0 saturated heterocycles. The average Bonchev–Trinajstić information content (AvgIpc) is 2.81. The van der Waals surface area contributed by atoms with Gasteiger partial charge in [-0.1, -0.05) is 18.2 Å². The number of hydrogen-bond acceptors (Lipinski definition) is 2. The number of benzene rings is 2. The van der Waals surface area contributed by atoms with E-state index < -0.39 is 11.6 Å². The molecule has 0 radical (unpaired) electrons. The molecule has 1 heterocycles. The van der Waals surface area contributed by atoms with Crippen LogP contribution >= 0.6 is 0 Å². The molecule has 0 aliphatic heterocycles. The highest BCUT2D eigenvalue weighted by Crippen LogP contribution is 2.35. The van der Waals surface area contributed by atoms with Gasteiger partial charge in [-0.05, 0) is 31.0 Å². The molecule has 1 N–H and O–H groups in total. The second kappa shape index (κ2) is 6.38. The normalized spacial score (nSPS) is 11.1. The lowest BCUT2D eigenvalue weighted by atomic mass is 10.1. The molecule has 1 aromatic heterocycles. The maximum Gasteiger partial charge on any atom is 0.204 e. The van der Waals surface area contributed by atoms with Gasteiger partial charge in [-0.3, -0.25) is 0 Å². The average molecular weight is 317 g/mol. The Morgan fingerprint density at radius 1 is 1.13 bits per heavy atom. The van der Waals surface area contributed by atoms with Crippen LogP contribution in [-0.4, -0.2) is 16.3 Å². The molecule has 0 spiro atoms. The van der Waals surface area contributed by atoms with Gasteiger partial charge >= 0.3 is 0 Å². The van der Waals surface area contributed by atoms with Gasteiger partial charge in [-0.15, -0.1) is 0 Å². The van der Waals surface area contributed by atoms with Crippen molar-refractivity contribution in [3.63, 3.8) is 0 Å². The molecule has 0 aliphatic rings. The van der Waals surface area contributed by atoms with Crippen molar-refractivity contribution in [1.29, 1.82) is 0 Å².